The molecular formula is C46H36Cl4F6N8O6. The zero-order chi connectivity index (χ0) is 51.8. The lowest BCUT2D eigenvalue weighted by Gasteiger charge is -2.19. The molecule has 5 aromatic rings. The predicted octanol–water partition coefficient (Wildman–Crippen LogP) is 13.3. The molecule has 4 N–H and O–H groups in total. The maximum atomic E-state index is 13.6. The van der Waals surface area contributed by atoms with Crippen molar-refractivity contribution in [1.29, 1.82) is 0 Å². The minimum Gasteiger partial charge on any atom is -0.324 e. The number of benzene rings is 5. The number of aryl methyl sites for hydroxylation is 2. The van der Waals surface area contributed by atoms with Crippen LogP contribution < -0.4 is 21.3 Å². The summed E-state index contributed by atoms with van der Waals surface area (Å²) in [5.74, 6) is -4.89. The van der Waals surface area contributed by atoms with E-state index in [2.05, 4.69) is 41.7 Å². The Morgan fingerprint density at radius 3 is 1.26 bits per heavy atom. The molecule has 2 unspecified atom stereocenters. The second-order valence-corrected chi connectivity index (χ2v) is 16.7. The smallest absolute Gasteiger partial charge is 0.324 e. The molecule has 2 atom stereocenters. The van der Waals surface area contributed by atoms with Crippen LogP contribution in [0.1, 0.15) is 70.7 Å². The number of hydrogen-bond acceptors (Lipinski definition) is 10. The van der Waals surface area contributed by atoms with Crippen molar-refractivity contribution >= 4 is 116 Å². The Morgan fingerprint density at radius 2 is 0.914 bits per heavy atom. The Kier molecular flexibility index (Phi) is 17.6. The highest BCUT2D eigenvalue weighted by atomic mass is 35.5. The molecular weight excluding hydrogens is 1020 g/mol. The average Bonchev–Trinajstić information content (AvgIpc) is 3.26. The molecule has 0 saturated carbocycles. The average molecular weight is 1050 g/mol. The van der Waals surface area contributed by atoms with Crippen molar-refractivity contribution in [2.24, 2.45) is 20.5 Å². The first-order chi connectivity index (χ1) is 32.8. The van der Waals surface area contributed by atoms with Crippen LogP contribution in [0.4, 0.5) is 60.5 Å². The van der Waals surface area contributed by atoms with E-state index in [1.165, 1.54) is 48.5 Å². The van der Waals surface area contributed by atoms with E-state index in [1.807, 2.05) is 0 Å². The minimum absolute atomic E-state index is 0.0133. The van der Waals surface area contributed by atoms with Crippen molar-refractivity contribution in [1.82, 2.24) is 0 Å². The third-order valence-corrected chi connectivity index (χ3v) is 10.9. The molecule has 0 aliphatic carbocycles. The molecule has 5 aromatic carbocycles. The van der Waals surface area contributed by atoms with E-state index < -0.39 is 70.8 Å². The first-order valence-electron chi connectivity index (χ1n) is 20.3. The minimum atomic E-state index is -4.67. The lowest BCUT2D eigenvalue weighted by Crippen LogP contribution is -2.33. The van der Waals surface area contributed by atoms with Crippen LogP contribution in [0.25, 0.3) is 0 Å². The van der Waals surface area contributed by atoms with E-state index in [-0.39, 0.29) is 72.5 Å². The molecule has 366 valence electrons. The molecule has 70 heavy (non-hydrogen) atoms. The number of alkyl halides is 6. The van der Waals surface area contributed by atoms with Gasteiger partial charge in [-0.25, -0.2) is 0 Å². The van der Waals surface area contributed by atoms with Crippen LogP contribution in [0.3, 0.4) is 0 Å². The predicted molar refractivity (Wildman–Crippen MR) is 252 cm³/mol. The molecule has 0 heterocycles. The van der Waals surface area contributed by atoms with E-state index >= 15 is 0 Å². The first-order valence-corrected chi connectivity index (χ1v) is 21.9. The first kappa shape index (κ1) is 54.2. The largest absolute Gasteiger partial charge is 0.416 e. The second kappa shape index (κ2) is 22.8. The highest BCUT2D eigenvalue weighted by molar-refractivity contribution is 6.35. The van der Waals surface area contributed by atoms with Crippen LogP contribution >= 0.6 is 46.4 Å². The Bertz CT molecular complexity index is 2940. The Hall–Kier alpha value is -6.74. The zero-order valence-corrected chi connectivity index (χ0v) is 39.7. The molecule has 0 aliphatic heterocycles. The number of nitrogens with zero attached hydrogens (tertiary/aromatic N) is 4. The van der Waals surface area contributed by atoms with E-state index in [9.17, 15) is 55.1 Å². The van der Waals surface area contributed by atoms with Gasteiger partial charge >= 0.3 is 12.4 Å². The molecule has 0 radical (unpaired) electrons. The molecule has 0 bridgehead atoms. The topological polar surface area (TPSA) is 200 Å². The van der Waals surface area contributed by atoms with Gasteiger partial charge in [0.2, 0.25) is 12.1 Å². The summed E-state index contributed by atoms with van der Waals surface area (Å²) >= 11 is 24.4. The summed E-state index contributed by atoms with van der Waals surface area (Å²) in [5, 5.41) is 25.1. The fourth-order valence-corrected chi connectivity index (χ4v) is 7.26. The summed E-state index contributed by atoms with van der Waals surface area (Å²) in [4.78, 5) is 78.7. The van der Waals surface area contributed by atoms with Crippen molar-refractivity contribution in [2.75, 3.05) is 21.3 Å². The molecule has 0 fully saturated rings. The summed E-state index contributed by atoms with van der Waals surface area (Å²) < 4.78 is 78.5. The lowest BCUT2D eigenvalue weighted by molar-refractivity contribution is -0.138. The Balaban J connectivity index is 1.30. The van der Waals surface area contributed by atoms with Crippen LogP contribution in [0.5, 0.6) is 0 Å². The summed E-state index contributed by atoms with van der Waals surface area (Å²) in [7, 11) is 0. The summed E-state index contributed by atoms with van der Waals surface area (Å²) in [5.41, 5.74) is -1.18. The number of halogens is 10. The van der Waals surface area contributed by atoms with Crippen LogP contribution in [-0.2, 0) is 44.4 Å². The standard InChI is InChI=1S/C46H36Cl4F6N8O6/c1-5-23-13-31(57-43(69)38(21(3)65)63-61-32-15-25(11-29(47)19-32)41(67)58-36-9-7-27(17-34(36)49)45(51,52)53)14-24(6-2)40(23)60-44(70)39(22(4)66)64-62-33-16-26(12-30(48)20-33)42(68)59-37-10-8-28(18-35(37)50)46(54,55)56/h7-20,38-39H,5-6H2,1-4H3,(H,57,69)(H,58,67)(H,59,68)(H,60,70). The SMILES string of the molecule is CCc1cc(NC(=O)C(N=Nc2cc(Cl)cc(C(=O)Nc3ccc(C(F)(F)F)cc3Cl)c2)C(C)=O)cc(CC)c1NC(=O)C(N=Nc1cc(Cl)cc(C(=O)Nc2ccc(C(F)(F)F)cc2Cl)c1)C(C)=O. The number of amides is 4. The van der Waals surface area contributed by atoms with Crippen molar-refractivity contribution in [3.63, 3.8) is 0 Å². The molecule has 0 spiro atoms. The number of anilines is 4. The molecule has 0 saturated heterocycles. The van der Waals surface area contributed by atoms with Crippen molar-refractivity contribution in [2.45, 2.75) is 65.0 Å². The highest BCUT2D eigenvalue weighted by Gasteiger charge is 2.33. The van der Waals surface area contributed by atoms with E-state index in [4.69, 9.17) is 46.4 Å². The van der Waals surface area contributed by atoms with Crippen LogP contribution in [-0.4, -0.2) is 47.3 Å². The second-order valence-electron chi connectivity index (χ2n) is 15.0. The number of carbonyl (C=O) groups is 6. The van der Waals surface area contributed by atoms with Crippen LogP contribution in [0.15, 0.2) is 105 Å². The van der Waals surface area contributed by atoms with Gasteiger partial charge in [-0.3, -0.25) is 28.8 Å². The van der Waals surface area contributed by atoms with Gasteiger partial charge in [0, 0.05) is 32.5 Å². The molecule has 0 aliphatic rings. The number of carbonyl (C=O) groups excluding carboxylic acids is 6. The van der Waals surface area contributed by atoms with E-state index in [0.29, 0.717) is 28.9 Å². The normalized spacial score (nSPS) is 12.7. The van der Waals surface area contributed by atoms with Gasteiger partial charge in [-0.15, -0.1) is 0 Å². The number of nitrogens with one attached hydrogen (secondary N) is 4. The monoisotopic (exact) mass is 1050 g/mol. The van der Waals surface area contributed by atoms with Crippen molar-refractivity contribution < 1.29 is 55.1 Å². The van der Waals surface area contributed by atoms with E-state index in [0.717, 1.165) is 38.1 Å². The third-order valence-electron chi connectivity index (χ3n) is 9.80. The molecule has 4 amide bonds. The van der Waals surface area contributed by atoms with Gasteiger partial charge in [0.25, 0.3) is 23.6 Å². The summed E-state index contributed by atoms with van der Waals surface area (Å²) in [6.07, 6.45) is -8.76. The van der Waals surface area contributed by atoms with Gasteiger partial charge < -0.3 is 21.3 Å². The Labute approximate surface area is 414 Å². The van der Waals surface area contributed by atoms with Crippen molar-refractivity contribution in [3.05, 3.63) is 138 Å². The number of ketones is 2. The zero-order valence-electron chi connectivity index (χ0n) is 36.7. The third kappa shape index (κ3) is 14.2. The molecule has 0 aromatic heterocycles. The Morgan fingerprint density at radius 1 is 0.529 bits per heavy atom. The number of Topliss-reactive ketones (excluding diaryl/α,β-unsaturated/α-hetero) is 2. The fraction of sp³-hybridized carbons (Fsp3) is 0.217. The number of rotatable bonds is 16. The molecule has 24 heteroatoms. The number of azo groups is 2. The number of hydrogen-bond donors (Lipinski definition) is 4. The quantitative estimate of drug-likeness (QED) is 0.0430. The van der Waals surface area contributed by atoms with Gasteiger partial charge in [-0.1, -0.05) is 60.3 Å². The maximum absolute atomic E-state index is 13.6. The highest BCUT2D eigenvalue weighted by Crippen LogP contribution is 2.36. The fourth-order valence-electron chi connectivity index (χ4n) is 6.35. The summed E-state index contributed by atoms with van der Waals surface area (Å²) in [6.45, 7) is 5.69. The lowest BCUT2D eigenvalue weighted by atomic mass is 10.0. The van der Waals surface area contributed by atoms with Gasteiger partial charge in [0.1, 0.15) is 0 Å². The van der Waals surface area contributed by atoms with E-state index in [1.54, 1.807) is 13.8 Å². The molecule has 14 nitrogen and oxygen atoms in total. The van der Waals surface area contributed by atoms with Crippen LogP contribution in [0.2, 0.25) is 20.1 Å². The van der Waals surface area contributed by atoms with Gasteiger partial charge in [0.15, 0.2) is 11.6 Å². The summed E-state index contributed by atoms with van der Waals surface area (Å²) in [6, 6.07) is 11.8. The van der Waals surface area contributed by atoms with Gasteiger partial charge in [-0.05, 0) is 123 Å². The van der Waals surface area contributed by atoms with Crippen molar-refractivity contribution in [3.8, 4) is 0 Å². The van der Waals surface area contributed by atoms with Gasteiger partial charge in [0.05, 0.1) is 43.9 Å². The maximum Gasteiger partial charge on any atom is 0.416 e. The van der Waals surface area contributed by atoms with Crippen LogP contribution in [0, 0.1) is 0 Å². The van der Waals surface area contributed by atoms with Gasteiger partial charge in [-0.2, -0.15) is 46.8 Å². The molecule has 5 rings (SSSR count).